The maximum absolute atomic E-state index is 12.5. The van der Waals surface area contributed by atoms with Gasteiger partial charge in [0.15, 0.2) is 0 Å². The van der Waals surface area contributed by atoms with Gasteiger partial charge in [0.25, 0.3) is 0 Å². The van der Waals surface area contributed by atoms with Gasteiger partial charge in [0, 0.05) is 18.3 Å². The van der Waals surface area contributed by atoms with Crippen molar-refractivity contribution in [3.63, 3.8) is 0 Å². The summed E-state index contributed by atoms with van der Waals surface area (Å²) in [7, 11) is -3.59. The van der Waals surface area contributed by atoms with E-state index in [2.05, 4.69) is 9.71 Å². The average Bonchev–Trinajstić information content (AvgIpc) is 2.45. The Morgan fingerprint density at radius 1 is 1.26 bits per heavy atom. The second-order valence-electron chi connectivity index (χ2n) is 4.60. The highest BCUT2D eigenvalue weighted by molar-refractivity contribution is 7.89. The predicted molar refractivity (Wildman–Crippen MR) is 76.1 cm³/mol. The number of nitrogens with one attached hydrogen (secondary N) is 1. The Labute approximate surface area is 115 Å². The molecule has 1 aromatic rings. The van der Waals surface area contributed by atoms with Gasteiger partial charge in [-0.1, -0.05) is 20.8 Å². The molecule has 0 amide bonds. The Morgan fingerprint density at radius 2 is 1.84 bits per heavy atom. The van der Waals surface area contributed by atoms with Crippen LogP contribution in [0.15, 0.2) is 23.2 Å². The van der Waals surface area contributed by atoms with Gasteiger partial charge in [-0.2, -0.15) is 0 Å². The lowest BCUT2D eigenvalue weighted by atomic mass is 9.91. The number of nitrogens with zero attached hydrogens (tertiary/aromatic N) is 1. The van der Waals surface area contributed by atoms with Crippen molar-refractivity contribution in [3.8, 4) is 0 Å². The minimum Gasteiger partial charge on any atom is -0.325 e. The largest absolute Gasteiger partial charge is 0.325 e. The van der Waals surface area contributed by atoms with Gasteiger partial charge in [-0.25, -0.2) is 13.1 Å². The van der Waals surface area contributed by atoms with E-state index < -0.39 is 15.6 Å². The number of sulfonamides is 1. The van der Waals surface area contributed by atoms with Gasteiger partial charge in [-0.3, -0.25) is 4.98 Å². The molecular formula is C13H23N3O2S. The summed E-state index contributed by atoms with van der Waals surface area (Å²) in [6.07, 6.45) is 3.79. The van der Waals surface area contributed by atoms with Crippen molar-refractivity contribution in [2.45, 2.75) is 57.0 Å². The van der Waals surface area contributed by atoms with E-state index in [0.29, 0.717) is 5.69 Å². The number of hydrogen-bond acceptors (Lipinski definition) is 4. The second kappa shape index (κ2) is 6.45. The zero-order valence-electron chi connectivity index (χ0n) is 11.8. The third kappa shape index (κ3) is 3.52. The monoisotopic (exact) mass is 285 g/mol. The van der Waals surface area contributed by atoms with Gasteiger partial charge in [-0.15, -0.1) is 0 Å². The first-order valence-electron chi connectivity index (χ1n) is 6.62. The van der Waals surface area contributed by atoms with Crippen molar-refractivity contribution in [1.82, 2.24) is 9.71 Å². The third-order valence-corrected chi connectivity index (χ3v) is 5.37. The quantitative estimate of drug-likeness (QED) is 0.799. The van der Waals surface area contributed by atoms with E-state index in [0.717, 1.165) is 19.3 Å². The standard InChI is InChI=1S/C13H23N3O2S/c1-4-13(5-2,6-3)16-19(17,18)12-8-7-9-15-11(12)10-14/h7-9,16H,4-6,10,14H2,1-3H3. The average molecular weight is 285 g/mol. The molecule has 0 aliphatic rings. The number of nitrogens with two attached hydrogens (primary N) is 1. The molecule has 1 aromatic heterocycles. The molecule has 0 fully saturated rings. The number of rotatable bonds is 7. The van der Waals surface area contributed by atoms with Crippen molar-refractivity contribution in [3.05, 3.63) is 24.0 Å². The zero-order chi connectivity index (χ0) is 14.5. The zero-order valence-corrected chi connectivity index (χ0v) is 12.6. The van der Waals surface area contributed by atoms with E-state index in [4.69, 9.17) is 5.73 Å². The van der Waals surface area contributed by atoms with Crippen LogP contribution < -0.4 is 10.5 Å². The number of hydrogen-bond donors (Lipinski definition) is 2. The molecule has 0 spiro atoms. The molecule has 0 unspecified atom stereocenters. The molecule has 0 aromatic carbocycles. The highest BCUT2D eigenvalue weighted by Crippen LogP contribution is 2.23. The molecule has 108 valence electrons. The lowest BCUT2D eigenvalue weighted by Crippen LogP contribution is -2.47. The maximum atomic E-state index is 12.5. The van der Waals surface area contributed by atoms with Gasteiger partial charge >= 0.3 is 0 Å². The second-order valence-corrected chi connectivity index (χ2v) is 6.25. The molecule has 0 saturated carbocycles. The molecule has 1 heterocycles. The van der Waals surface area contributed by atoms with Crippen LogP contribution in [0.5, 0.6) is 0 Å². The van der Waals surface area contributed by atoms with Crippen LogP contribution >= 0.6 is 0 Å². The van der Waals surface area contributed by atoms with E-state index in [1.165, 1.54) is 0 Å². The molecule has 0 atom stereocenters. The van der Waals surface area contributed by atoms with Crippen LogP contribution in [0.1, 0.15) is 45.7 Å². The van der Waals surface area contributed by atoms with Crippen molar-refractivity contribution in [1.29, 1.82) is 0 Å². The molecule has 19 heavy (non-hydrogen) atoms. The van der Waals surface area contributed by atoms with Crippen LogP contribution in [0.4, 0.5) is 0 Å². The lowest BCUT2D eigenvalue weighted by molar-refractivity contribution is 0.341. The Morgan fingerprint density at radius 3 is 2.32 bits per heavy atom. The van der Waals surface area contributed by atoms with Crippen molar-refractivity contribution >= 4 is 10.0 Å². The third-order valence-electron chi connectivity index (χ3n) is 3.71. The SMILES string of the molecule is CCC(CC)(CC)NS(=O)(=O)c1cccnc1CN. The fourth-order valence-electron chi connectivity index (χ4n) is 2.13. The van der Waals surface area contributed by atoms with Crippen LogP contribution in [0.3, 0.4) is 0 Å². The summed E-state index contributed by atoms with van der Waals surface area (Å²) in [5.74, 6) is 0. The normalized spacial score (nSPS) is 12.6. The molecule has 3 N–H and O–H groups in total. The van der Waals surface area contributed by atoms with Crippen LogP contribution in [-0.2, 0) is 16.6 Å². The predicted octanol–water partition coefficient (Wildman–Crippen LogP) is 1.79. The molecule has 0 aliphatic carbocycles. The fourth-order valence-corrected chi connectivity index (χ4v) is 3.94. The van der Waals surface area contributed by atoms with Gasteiger partial charge in [0.1, 0.15) is 4.90 Å². The van der Waals surface area contributed by atoms with Crippen LogP contribution in [-0.4, -0.2) is 18.9 Å². The topological polar surface area (TPSA) is 85.1 Å². The minimum absolute atomic E-state index is 0.106. The van der Waals surface area contributed by atoms with E-state index in [-0.39, 0.29) is 11.4 Å². The molecular weight excluding hydrogens is 262 g/mol. The summed E-state index contributed by atoms with van der Waals surface area (Å²) < 4.78 is 27.8. The summed E-state index contributed by atoms with van der Waals surface area (Å²) >= 11 is 0. The van der Waals surface area contributed by atoms with Crippen LogP contribution in [0.2, 0.25) is 0 Å². The molecule has 1 rings (SSSR count). The molecule has 0 saturated heterocycles. The highest BCUT2D eigenvalue weighted by Gasteiger charge is 2.31. The van der Waals surface area contributed by atoms with E-state index in [9.17, 15) is 8.42 Å². The molecule has 0 radical (unpaired) electrons. The van der Waals surface area contributed by atoms with Gasteiger partial charge in [0.05, 0.1) is 5.69 Å². The first-order valence-corrected chi connectivity index (χ1v) is 8.11. The summed E-state index contributed by atoms with van der Waals surface area (Å²) in [6.45, 7) is 6.07. The smallest absolute Gasteiger partial charge is 0.242 e. The summed E-state index contributed by atoms with van der Waals surface area (Å²) in [4.78, 5) is 4.20. The summed E-state index contributed by atoms with van der Waals surface area (Å²) in [6, 6.07) is 3.16. The Balaban J connectivity index is 3.18. The van der Waals surface area contributed by atoms with E-state index >= 15 is 0 Å². The van der Waals surface area contributed by atoms with Crippen molar-refractivity contribution in [2.75, 3.05) is 0 Å². The Kier molecular flexibility index (Phi) is 5.46. The minimum atomic E-state index is -3.59. The lowest BCUT2D eigenvalue weighted by Gasteiger charge is -2.31. The summed E-state index contributed by atoms with van der Waals surface area (Å²) in [5.41, 5.74) is 5.55. The van der Waals surface area contributed by atoms with Crippen molar-refractivity contribution < 1.29 is 8.42 Å². The van der Waals surface area contributed by atoms with Gasteiger partial charge < -0.3 is 5.73 Å². The first-order chi connectivity index (χ1) is 8.94. The number of aromatic nitrogens is 1. The first kappa shape index (κ1) is 16.1. The molecule has 6 heteroatoms. The highest BCUT2D eigenvalue weighted by atomic mass is 32.2. The van der Waals surface area contributed by atoms with Crippen LogP contribution in [0.25, 0.3) is 0 Å². The van der Waals surface area contributed by atoms with Crippen LogP contribution in [0, 0.1) is 0 Å². The molecule has 5 nitrogen and oxygen atoms in total. The van der Waals surface area contributed by atoms with Gasteiger partial charge in [0.2, 0.25) is 10.0 Å². The Bertz CT molecular complexity index is 502. The fraction of sp³-hybridized carbons (Fsp3) is 0.615. The van der Waals surface area contributed by atoms with E-state index in [1.807, 2.05) is 20.8 Å². The van der Waals surface area contributed by atoms with Crippen molar-refractivity contribution in [2.24, 2.45) is 5.73 Å². The Hall–Kier alpha value is -0.980. The van der Waals surface area contributed by atoms with E-state index in [1.54, 1.807) is 18.3 Å². The molecule has 0 bridgehead atoms. The molecule has 0 aliphatic heterocycles. The summed E-state index contributed by atoms with van der Waals surface area (Å²) in [5, 5.41) is 0. The van der Waals surface area contributed by atoms with Gasteiger partial charge in [-0.05, 0) is 31.4 Å². The maximum Gasteiger partial charge on any atom is 0.242 e. The number of pyridine rings is 1.